The average Bonchev–Trinajstić information content (AvgIpc) is 2.36. The molecule has 1 atom stereocenters. The van der Waals surface area contributed by atoms with Crippen molar-refractivity contribution in [3.05, 3.63) is 0 Å². The average molecular weight is 272 g/mol. The van der Waals surface area contributed by atoms with E-state index in [1.165, 1.54) is 0 Å². The maximum Gasteiger partial charge on any atom is 0.334 e. The fraction of sp³-hybridized carbons (Fsp3) is 0.846. The third-order valence-corrected chi connectivity index (χ3v) is 3.53. The lowest BCUT2D eigenvalue weighted by Gasteiger charge is -2.32. The monoisotopic (exact) mass is 272 g/mol. The molecule has 0 radical (unpaired) electrons. The highest BCUT2D eigenvalue weighted by Crippen LogP contribution is 2.26. The van der Waals surface area contributed by atoms with E-state index in [0.717, 1.165) is 12.8 Å². The van der Waals surface area contributed by atoms with Crippen LogP contribution < -0.4 is 5.73 Å². The Bertz CT molecular complexity index is 331. The van der Waals surface area contributed by atoms with Gasteiger partial charge in [-0.1, -0.05) is 13.8 Å². The minimum absolute atomic E-state index is 0.000327. The normalized spacial score (nSPS) is 20.4. The van der Waals surface area contributed by atoms with Crippen LogP contribution in [0.25, 0.3) is 0 Å². The van der Waals surface area contributed by atoms with Gasteiger partial charge in [0.15, 0.2) is 6.10 Å². The summed E-state index contributed by atoms with van der Waals surface area (Å²) < 4.78 is 5.09. The minimum Gasteiger partial charge on any atom is -0.479 e. The number of hydrogen-bond donors (Lipinski definition) is 2. The number of carboxylic acids is 1. The van der Waals surface area contributed by atoms with Gasteiger partial charge in [0, 0.05) is 13.0 Å². The molecule has 1 saturated heterocycles. The topological polar surface area (TPSA) is 92.9 Å². The first-order valence-electron chi connectivity index (χ1n) is 6.68. The Labute approximate surface area is 113 Å². The summed E-state index contributed by atoms with van der Waals surface area (Å²) in [6, 6.07) is 0. The van der Waals surface area contributed by atoms with E-state index in [4.69, 9.17) is 15.6 Å². The third kappa shape index (κ3) is 5.16. The molecule has 1 aliphatic heterocycles. The van der Waals surface area contributed by atoms with E-state index in [1.807, 2.05) is 0 Å². The van der Waals surface area contributed by atoms with Crippen molar-refractivity contribution in [2.75, 3.05) is 26.2 Å². The third-order valence-electron chi connectivity index (χ3n) is 3.53. The van der Waals surface area contributed by atoms with Gasteiger partial charge in [0.2, 0.25) is 5.91 Å². The highest BCUT2D eigenvalue weighted by Gasteiger charge is 2.29. The summed E-state index contributed by atoms with van der Waals surface area (Å²) >= 11 is 0. The lowest BCUT2D eigenvalue weighted by atomic mass is 9.84. The van der Waals surface area contributed by atoms with E-state index < -0.39 is 12.1 Å². The molecule has 6 nitrogen and oxygen atoms in total. The summed E-state index contributed by atoms with van der Waals surface area (Å²) in [6.07, 6.45) is 1.17. The van der Waals surface area contributed by atoms with Crippen molar-refractivity contribution < 1.29 is 19.4 Å². The van der Waals surface area contributed by atoms with Gasteiger partial charge in [-0.2, -0.15) is 0 Å². The molecule has 1 rings (SSSR count). The number of carboxylic acid groups (broad SMARTS) is 1. The largest absolute Gasteiger partial charge is 0.479 e. The van der Waals surface area contributed by atoms with Crippen LogP contribution in [0.3, 0.4) is 0 Å². The van der Waals surface area contributed by atoms with Crippen LogP contribution in [0.2, 0.25) is 0 Å². The minimum atomic E-state index is -1.01. The van der Waals surface area contributed by atoms with E-state index in [0.29, 0.717) is 19.5 Å². The van der Waals surface area contributed by atoms with Crippen molar-refractivity contribution in [1.82, 2.24) is 4.90 Å². The Morgan fingerprint density at radius 2 is 2.11 bits per heavy atom. The second-order valence-electron chi connectivity index (χ2n) is 5.74. The second-order valence-corrected chi connectivity index (χ2v) is 5.74. The zero-order valence-electron chi connectivity index (χ0n) is 11.7. The smallest absolute Gasteiger partial charge is 0.334 e. The van der Waals surface area contributed by atoms with Crippen molar-refractivity contribution >= 4 is 11.9 Å². The number of morpholine rings is 1. The number of rotatable bonds is 6. The highest BCUT2D eigenvalue weighted by atomic mass is 16.5. The van der Waals surface area contributed by atoms with Gasteiger partial charge in [-0.05, 0) is 24.8 Å². The lowest BCUT2D eigenvalue weighted by Crippen LogP contribution is -2.48. The molecule has 3 N–H and O–H groups in total. The van der Waals surface area contributed by atoms with Gasteiger partial charge in [0.1, 0.15) is 0 Å². The number of hydrogen-bond acceptors (Lipinski definition) is 4. The SMILES string of the molecule is CC(C)(CCN)CCC(=O)N1CCOC(C(=O)O)C1. The summed E-state index contributed by atoms with van der Waals surface area (Å²) in [5, 5.41) is 8.89. The van der Waals surface area contributed by atoms with Gasteiger partial charge in [-0.3, -0.25) is 4.79 Å². The molecule has 0 aromatic rings. The zero-order chi connectivity index (χ0) is 14.5. The first-order chi connectivity index (χ1) is 8.85. The Balaban J connectivity index is 2.43. The van der Waals surface area contributed by atoms with Crippen molar-refractivity contribution in [1.29, 1.82) is 0 Å². The number of ether oxygens (including phenoxy) is 1. The molecule has 19 heavy (non-hydrogen) atoms. The molecule has 1 unspecified atom stereocenters. The van der Waals surface area contributed by atoms with Crippen LogP contribution in [-0.4, -0.2) is 54.2 Å². The van der Waals surface area contributed by atoms with Gasteiger partial charge in [-0.15, -0.1) is 0 Å². The molecule has 0 spiro atoms. The number of carbonyl (C=O) groups is 2. The molecule has 1 heterocycles. The number of nitrogens with two attached hydrogens (primary N) is 1. The lowest BCUT2D eigenvalue weighted by molar-refractivity contribution is -0.159. The van der Waals surface area contributed by atoms with Gasteiger partial charge < -0.3 is 20.5 Å². The molecule has 0 bridgehead atoms. The van der Waals surface area contributed by atoms with Crippen molar-refractivity contribution in [2.45, 2.75) is 39.2 Å². The van der Waals surface area contributed by atoms with Crippen LogP contribution in [0.1, 0.15) is 33.1 Å². The van der Waals surface area contributed by atoms with Gasteiger partial charge in [-0.25, -0.2) is 4.79 Å². The van der Waals surface area contributed by atoms with E-state index in [-0.39, 0.29) is 24.5 Å². The van der Waals surface area contributed by atoms with Crippen LogP contribution in [-0.2, 0) is 14.3 Å². The van der Waals surface area contributed by atoms with Crippen LogP contribution in [0.5, 0.6) is 0 Å². The number of carbonyl (C=O) groups excluding carboxylic acids is 1. The van der Waals surface area contributed by atoms with Crippen molar-refractivity contribution in [2.24, 2.45) is 11.1 Å². The number of amides is 1. The summed E-state index contributed by atoms with van der Waals surface area (Å²) in [7, 11) is 0. The van der Waals surface area contributed by atoms with E-state index >= 15 is 0 Å². The summed E-state index contributed by atoms with van der Waals surface area (Å²) in [6.45, 7) is 5.69. The molecule has 1 aliphatic rings. The number of nitrogens with zero attached hydrogens (tertiary/aromatic N) is 1. The van der Waals surface area contributed by atoms with Crippen LogP contribution in [0.4, 0.5) is 0 Å². The maximum absolute atomic E-state index is 12.1. The Morgan fingerprint density at radius 1 is 1.42 bits per heavy atom. The van der Waals surface area contributed by atoms with Gasteiger partial charge >= 0.3 is 5.97 Å². The fourth-order valence-corrected chi connectivity index (χ4v) is 2.14. The molecule has 1 amide bonds. The van der Waals surface area contributed by atoms with Gasteiger partial charge in [0.05, 0.1) is 13.2 Å². The summed E-state index contributed by atoms with van der Waals surface area (Å²) in [5.74, 6) is -1.01. The van der Waals surface area contributed by atoms with Crippen molar-refractivity contribution in [3.8, 4) is 0 Å². The van der Waals surface area contributed by atoms with Crippen LogP contribution >= 0.6 is 0 Å². The second kappa shape index (κ2) is 6.86. The summed E-state index contributed by atoms with van der Waals surface area (Å²) in [4.78, 5) is 24.5. The molecule has 0 aromatic heterocycles. The standard InChI is InChI=1S/C13H24N2O4/c1-13(2,5-6-14)4-3-11(16)15-7-8-19-10(9-15)12(17)18/h10H,3-9,14H2,1-2H3,(H,17,18). The summed E-state index contributed by atoms with van der Waals surface area (Å²) in [5.41, 5.74) is 5.58. The molecule has 110 valence electrons. The molecule has 0 aliphatic carbocycles. The molecule has 6 heteroatoms. The zero-order valence-corrected chi connectivity index (χ0v) is 11.7. The van der Waals surface area contributed by atoms with Crippen molar-refractivity contribution in [3.63, 3.8) is 0 Å². The predicted molar refractivity (Wildman–Crippen MR) is 70.6 cm³/mol. The van der Waals surface area contributed by atoms with E-state index in [1.54, 1.807) is 4.90 Å². The predicted octanol–water partition coefficient (Wildman–Crippen LogP) is 0.454. The number of aliphatic carboxylic acids is 1. The van der Waals surface area contributed by atoms with E-state index in [9.17, 15) is 9.59 Å². The van der Waals surface area contributed by atoms with E-state index in [2.05, 4.69) is 13.8 Å². The molecule has 1 fully saturated rings. The quantitative estimate of drug-likeness (QED) is 0.732. The Hall–Kier alpha value is -1.14. The molecular weight excluding hydrogens is 248 g/mol. The van der Waals surface area contributed by atoms with Crippen LogP contribution in [0.15, 0.2) is 0 Å². The molecule has 0 saturated carbocycles. The first-order valence-corrected chi connectivity index (χ1v) is 6.68. The molecule has 0 aromatic carbocycles. The highest BCUT2D eigenvalue weighted by molar-refractivity contribution is 5.78. The Morgan fingerprint density at radius 3 is 2.68 bits per heavy atom. The fourth-order valence-electron chi connectivity index (χ4n) is 2.14. The maximum atomic E-state index is 12.1. The van der Waals surface area contributed by atoms with Crippen LogP contribution in [0, 0.1) is 5.41 Å². The first kappa shape index (κ1) is 15.9. The Kier molecular flexibility index (Phi) is 5.75. The molecular formula is C13H24N2O4. The van der Waals surface area contributed by atoms with Gasteiger partial charge in [0.25, 0.3) is 0 Å².